The third-order valence-corrected chi connectivity index (χ3v) is 8.54. The Morgan fingerprint density at radius 3 is 2.54 bits per heavy atom. The Balaban J connectivity index is 1.54. The minimum Gasteiger partial charge on any atom is -0.317 e. The highest BCUT2D eigenvalue weighted by atomic mass is 35.5. The van der Waals surface area contributed by atoms with E-state index in [0.717, 1.165) is 67.6 Å². The van der Waals surface area contributed by atoms with Crippen molar-refractivity contribution in [1.29, 1.82) is 0 Å². The van der Waals surface area contributed by atoms with Crippen LogP contribution in [0.15, 0.2) is 53.3 Å². The Morgan fingerprint density at radius 1 is 1.11 bits per heavy atom. The molecule has 1 saturated heterocycles. The van der Waals surface area contributed by atoms with E-state index in [9.17, 15) is 9.59 Å². The standard InChI is InChI=1S/C29H34Cl2N4O2/c1-2-28(36)34(22-11-12-23(30)24(31)19-22)25(20-13-16-32-17-14-20)15-18-33-26-9-5-6-10-27(26)35(29(33)37)21-7-3-4-8-21/h5-7,9-12,19-20,25,32H,2-4,8,13-18H2,1H3. The molecule has 0 spiro atoms. The predicted molar refractivity (Wildman–Crippen MR) is 153 cm³/mol. The number of aromatic nitrogens is 2. The van der Waals surface area contributed by atoms with E-state index in [1.165, 1.54) is 0 Å². The first-order valence-electron chi connectivity index (χ1n) is 13.4. The lowest BCUT2D eigenvalue weighted by Crippen LogP contribution is -2.48. The van der Waals surface area contributed by atoms with E-state index < -0.39 is 0 Å². The number of nitrogens with zero attached hydrogens (tertiary/aromatic N) is 3. The maximum atomic E-state index is 13.7. The number of para-hydroxylation sites is 2. The van der Waals surface area contributed by atoms with E-state index in [2.05, 4.69) is 11.4 Å². The summed E-state index contributed by atoms with van der Waals surface area (Å²) < 4.78 is 3.78. The van der Waals surface area contributed by atoms with Gasteiger partial charge < -0.3 is 10.2 Å². The van der Waals surface area contributed by atoms with Crippen molar-refractivity contribution in [2.45, 2.75) is 64.5 Å². The Hall–Kier alpha value is -2.54. The number of allylic oxidation sites excluding steroid dienone is 2. The van der Waals surface area contributed by atoms with Crippen molar-refractivity contribution < 1.29 is 4.79 Å². The molecule has 1 atom stereocenters. The lowest BCUT2D eigenvalue weighted by molar-refractivity contribution is -0.119. The maximum absolute atomic E-state index is 13.7. The molecule has 1 aliphatic carbocycles. The molecule has 1 aromatic heterocycles. The number of carbonyl (C=O) groups excluding carboxylic acids is 1. The van der Waals surface area contributed by atoms with Gasteiger partial charge in [0.2, 0.25) is 5.91 Å². The molecular weight excluding hydrogens is 507 g/mol. The van der Waals surface area contributed by atoms with Crippen LogP contribution >= 0.6 is 23.2 Å². The molecule has 0 radical (unpaired) electrons. The van der Waals surface area contributed by atoms with Crippen molar-refractivity contribution in [1.82, 2.24) is 14.5 Å². The number of piperidine rings is 1. The number of hydrogen-bond donors (Lipinski definition) is 1. The van der Waals surface area contributed by atoms with Gasteiger partial charge in [0, 0.05) is 30.4 Å². The van der Waals surface area contributed by atoms with Gasteiger partial charge >= 0.3 is 5.69 Å². The van der Waals surface area contributed by atoms with Crippen molar-refractivity contribution in [3.8, 4) is 0 Å². The number of benzene rings is 2. The average molecular weight is 542 g/mol. The molecule has 196 valence electrons. The van der Waals surface area contributed by atoms with Gasteiger partial charge in [-0.05, 0) is 87.9 Å². The van der Waals surface area contributed by atoms with Crippen LogP contribution in [0.1, 0.15) is 51.9 Å². The van der Waals surface area contributed by atoms with Crippen LogP contribution in [0.25, 0.3) is 16.7 Å². The molecule has 0 saturated carbocycles. The number of rotatable bonds is 8. The minimum absolute atomic E-state index is 0.00122. The second kappa shape index (κ2) is 11.5. The molecule has 6 nitrogen and oxygen atoms in total. The molecule has 1 aliphatic heterocycles. The van der Waals surface area contributed by atoms with Crippen LogP contribution < -0.4 is 15.9 Å². The Kier molecular flexibility index (Phi) is 8.08. The highest BCUT2D eigenvalue weighted by Gasteiger charge is 2.33. The van der Waals surface area contributed by atoms with E-state index in [1.54, 1.807) is 12.1 Å². The molecule has 8 heteroatoms. The van der Waals surface area contributed by atoms with Crippen LogP contribution in [0.4, 0.5) is 5.69 Å². The van der Waals surface area contributed by atoms with Gasteiger partial charge in [-0.2, -0.15) is 0 Å². The van der Waals surface area contributed by atoms with E-state index in [-0.39, 0.29) is 17.6 Å². The van der Waals surface area contributed by atoms with Crippen molar-refractivity contribution in [2.24, 2.45) is 5.92 Å². The smallest absolute Gasteiger partial charge is 0.317 e. The van der Waals surface area contributed by atoms with Gasteiger partial charge in [0.15, 0.2) is 0 Å². The van der Waals surface area contributed by atoms with Crippen LogP contribution in [0, 0.1) is 5.92 Å². The molecule has 37 heavy (non-hydrogen) atoms. The zero-order valence-corrected chi connectivity index (χ0v) is 22.8. The third-order valence-electron chi connectivity index (χ3n) is 7.80. The van der Waals surface area contributed by atoms with Crippen molar-refractivity contribution in [2.75, 3.05) is 18.0 Å². The second-order valence-corrected chi connectivity index (χ2v) is 10.8. The number of anilines is 1. The summed E-state index contributed by atoms with van der Waals surface area (Å²) in [4.78, 5) is 29.1. The predicted octanol–water partition coefficient (Wildman–Crippen LogP) is 6.34. The van der Waals surface area contributed by atoms with Gasteiger partial charge in [0.1, 0.15) is 0 Å². The van der Waals surface area contributed by atoms with Gasteiger partial charge in [0.25, 0.3) is 0 Å². The number of fused-ring (bicyclic) bond motifs is 1. The quantitative estimate of drug-likeness (QED) is 0.362. The first kappa shape index (κ1) is 26.1. The molecule has 2 aromatic carbocycles. The Bertz CT molecular complexity index is 1370. The molecule has 5 rings (SSSR count). The normalized spacial score (nSPS) is 17.2. The summed E-state index contributed by atoms with van der Waals surface area (Å²) in [6, 6.07) is 13.4. The van der Waals surface area contributed by atoms with E-state index in [4.69, 9.17) is 23.2 Å². The Labute approximate surface area is 227 Å². The highest BCUT2D eigenvalue weighted by Crippen LogP contribution is 2.34. The van der Waals surface area contributed by atoms with Gasteiger partial charge in [0.05, 0.1) is 21.1 Å². The van der Waals surface area contributed by atoms with Crippen LogP contribution in [-0.4, -0.2) is 34.2 Å². The molecule has 3 aromatic rings. The summed E-state index contributed by atoms with van der Waals surface area (Å²) in [6.07, 6.45) is 8.20. The summed E-state index contributed by atoms with van der Waals surface area (Å²) in [7, 11) is 0. The fourth-order valence-corrected chi connectivity index (χ4v) is 6.24. The summed E-state index contributed by atoms with van der Waals surface area (Å²) in [5, 5.41) is 4.34. The maximum Gasteiger partial charge on any atom is 0.333 e. The van der Waals surface area contributed by atoms with Crippen molar-refractivity contribution in [3.63, 3.8) is 0 Å². The SMILES string of the molecule is CCC(=O)N(c1ccc(Cl)c(Cl)c1)C(CCn1c(=O)n(C2=CCCC2)c2ccccc21)C1CCNCC1. The minimum atomic E-state index is -0.0634. The van der Waals surface area contributed by atoms with Crippen LogP contribution in [0.5, 0.6) is 0 Å². The first-order chi connectivity index (χ1) is 18.0. The van der Waals surface area contributed by atoms with Gasteiger partial charge in [-0.15, -0.1) is 0 Å². The highest BCUT2D eigenvalue weighted by molar-refractivity contribution is 6.42. The van der Waals surface area contributed by atoms with Crippen molar-refractivity contribution >= 4 is 51.5 Å². The molecule has 2 heterocycles. The summed E-state index contributed by atoms with van der Waals surface area (Å²) in [6.45, 7) is 4.26. The Morgan fingerprint density at radius 2 is 1.86 bits per heavy atom. The molecule has 1 unspecified atom stereocenters. The number of nitrogens with one attached hydrogen (secondary N) is 1. The van der Waals surface area contributed by atoms with Crippen LogP contribution in [0.3, 0.4) is 0 Å². The summed E-state index contributed by atoms with van der Waals surface area (Å²) >= 11 is 12.6. The van der Waals surface area contributed by atoms with Crippen LogP contribution in [-0.2, 0) is 11.3 Å². The fourth-order valence-electron chi connectivity index (χ4n) is 5.95. The topological polar surface area (TPSA) is 59.3 Å². The van der Waals surface area contributed by atoms with Crippen LogP contribution in [0.2, 0.25) is 10.0 Å². The second-order valence-electron chi connectivity index (χ2n) is 10.0. The lowest BCUT2D eigenvalue weighted by atomic mass is 9.86. The molecule has 1 fully saturated rings. The number of carbonyl (C=O) groups is 1. The number of aryl methyl sites for hydroxylation is 1. The largest absolute Gasteiger partial charge is 0.333 e. The van der Waals surface area contributed by atoms with E-state index >= 15 is 0 Å². The fraction of sp³-hybridized carbons (Fsp3) is 0.448. The summed E-state index contributed by atoms with van der Waals surface area (Å²) in [5.41, 5.74) is 3.74. The number of imidazole rings is 1. The van der Waals surface area contributed by atoms with Gasteiger partial charge in [-0.3, -0.25) is 13.9 Å². The van der Waals surface area contributed by atoms with E-state index in [1.807, 2.05) is 51.3 Å². The van der Waals surface area contributed by atoms with Gasteiger partial charge in [-0.25, -0.2) is 4.79 Å². The summed E-state index contributed by atoms with van der Waals surface area (Å²) in [5.74, 6) is 0.362. The first-order valence-corrected chi connectivity index (χ1v) is 14.1. The van der Waals surface area contributed by atoms with Gasteiger partial charge in [-0.1, -0.05) is 48.3 Å². The molecule has 0 bridgehead atoms. The average Bonchev–Trinajstić information content (AvgIpc) is 3.54. The number of amides is 1. The zero-order chi connectivity index (χ0) is 25.9. The zero-order valence-electron chi connectivity index (χ0n) is 21.3. The molecular formula is C29H34Cl2N4O2. The molecule has 1 N–H and O–H groups in total. The third kappa shape index (κ3) is 5.25. The van der Waals surface area contributed by atoms with E-state index in [0.29, 0.717) is 35.3 Å². The lowest BCUT2D eigenvalue weighted by Gasteiger charge is -2.39. The molecule has 2 aliphatic rings. The van der Waals surface area contributed by atoms with Crippen molar-refractivity contribution in [3.05, 3.63) is 69.1 Å². The molecule has 1 amide bonds. The number of hydrogen-bond acceptors (Lipinski definition) is 3. The number of halogens is 2. The monoisotopic (exact) mass is 540 g/mol.